The van der Waals surface area contributed by atoms with Crippen LogP contribution in [-0.4, -0.2) is 22.4 Å². The zero-order chi connectivity index (χ0) is 19.3. The van der Waals surface area contributed by atoms with Crippen molar-refractivity contribution in [3.63, 3.8) is 0 Å². The molecule has 0 fully saturated rings. The van der Waals surface area contributed by atoms with Gasteiger partial charge in [0.1, 0.15) is 5.82 Å². The van der Waals surface area contributed by atoms with E-state index in [0.29, 0.717) is 18.5 Å². The molecule has 7 heteroatoms. The largest absolute Gasteiger partial charge is 0.433 e. The summed E-state index contributed by atoms with van der Waals surface area (Å²) in [7, 11) is 0. The van der Waals surface area contributed by atoms with Crippen LogP contribution in [0.3, 0.4) is 0 Å². The first-order valence-corrected chi connectivity index (χ1v) is 8.90. The summed E-state index contributed by atoms with van der Waals surface area (Å²) in [5.41, 5.74) is 0.791. The zero-order valence-electron chi connectivity index (χ0n) is 14.7. The lowest BCUT2D eigenvalue weighted by atomic mass is 9.94. The van der Waals surface area contributed by atoms with Gasteiger partial charge in [0, 0.05) is 30.3 Å². The lowest BCUT2D eigenvalue weighted by Crippen LogP contribution is -2.26. The molecule has 0 saturated heterocycles. The highest BCUT2D eigenvalue weighted by atomic mass is 19.4. The number of aromatic nitrogens is 2. The van der Waals surface area contributed by atoms with Crippen LogP contribution < -0.4 is 5.32 Å². The maximum absolute atomic E-state index is 13.3. The Morgan fingerprint density at radius 3 is 2.59 bits per heavy atom. The number of rotatable bonds is 5. The predicted octanol–water partition coefficient (Wildman–Crippen LogP) is 3.75. The number of carbonyl (C=O) groups is 1. The van der Waals surface area contributed by atoms with Crippen molar-refractivity contribution in [2.45, 2.75) is 38.3 Å². The number of aryl methyl sites for hydroxylation is 1. The highest BCUT2D eigenvalue weighted by Gasteiger charge is 2.37. The van der Waals surface area contributed by atoms with E-state index < -0.39 is 11.9 Å². The summed E-state index contributed by atoms with van der Waals surface area (Å²) in [6.07, 6.45) is 1.20. The quantitative estimate of drug-likeness (QED) is 0.810. The fraction of sp³-hybridized carbons (Fsp3) is 0.350. The number of halogens is 3. The SMILES string of the molecule is O=C(/C=C/c1ccccc1)NCCc1nc2c(c(C(F)(F)F)n1)CCCC2. The topological polar surface area (TPSA) is 54.9 Å². The molecule has 1 aliphatic rings. The van der Waals surface area contributed by atoms with Crippen LogP contribution in [0.1, 0.15) is 41.2 Å². The van der Waals surface area contributed by atoms with Gasteiger partial charge < -0.3 is 5.32 Å². The molecule has 0 radical (unpaired) electrons. The Balaban J connectivity index is 1.62. The molecule has 4 nitrogen and oxygen atoms in total. The van der Waals surface area contributed by atoms with Gasteiger partial charge in [0.2, 0.25) is 5.91 Å². The molecular weight excluding hydrogens is 355 g/mol. The Hall–Kier alpha value is -2.70. The number of amides is 1. The van der Waals surface area contributed by atoms with E-state index in [1.807, 2.05) is 30.3 Å². The van der Waals surface area contributed by atoms with E-state index >= 15 is 0 Å². The van der Waals surface area contributed by atoms with Gasteiger partial charge in [-0.15, -0.1) is 0 Å². The highest BCUT2D eigenvalue weighted by Crippen LogP contribution is 2.34. The predicted molar refractivity (Wildman–Crippen MR) is 95.9 cm³/mol. The van der Waals surface area contributed by atoms with Crippen LogP contribution in [0.5, 0.6) is 0 Å². The molecule has 3 rings (SSSR count). The summed E-state index contributed by atoms with van der Waals surface area (Å²) in [6.45, 7) is 0.175. The molecule has 142 valence electrons. The summed E-state index contributed by atoms with van der Waals surface area (Å²) in [5.74, 6) is -0.192. The first-order chi connectivity index (χ1) is 12.9. The van der Waals surface area contributed by atoms with E-state index in [1.165, 1.54) is 6.08 Å². The fourth-order valence-electron chi connectivity index (χ4n) is 3.08. The molecule has 1 amide bonds. The van der Waals surface area contributed by atoms with Crippen LogP contribution in [0, 0.1) is 0 Å². The van der Waals surface area contributed by atoms with Crippen molar-refractivity contribution in [2.75, 3.05) is 6.54 Å². The number of nitrogens with one attached hydrogen (secondary N) is 1. The van der Waals surface area contributed by atoms with Gasteiger partial charge in [-0.25, -0.2) is 9.97 Å². The van der Waals surface area contributed by atoms with Gasteiger partial charge in [-0.05, 0) is 37.3 Å². The van der Waals surface area contributed by atoms with E-state index in [2.05, 4.69) is 15.3 Å². The van der Waals surface area contributed by atoms with Crippen molar-refractivity contribution in [1.29, 1.82) is 0 Å². The normalized spacial score (nSPS) is 14.2. The third-order valence-electron chi connectivity index (χ3n) is 4.37. The van der Waals surface area contributed by atoms with Crippen molar-refractivity contribution in [3.05, 3.63) is 64.7 Å². The van der Waals surface area contributed by atoms with Gasteiger partial charge in [-0.3, -0.25) is 4.79 Å². The minimum absolute atomic E-state index is 0.121. The second-order valence-corrected chi connectivity index (χ2v) is 6.40. The monoisotopic (exact) mass is 375 g/mol. The smallest absolute Gasteiger partial charge is 0.352 e. The van der Waals surface area contributed by atoms with Gasteiger partial charge in [0.25, 0.3) is 0 Å². The van der Waals surface area contributed by atoms with Crippen molar-refractivity contribution < 1.29 is 18.0 Å². The Kier molecular flexibility index (Phi) is 5.88. The van der Waals surface area contributed by atoms with E-state index in [0.717, 1.165) is 18.4 Å². The summed E-state index contributed by atoms with van der Waals surface area (Å²) < 4.78 is 39.9. The Morgan fingerprint density at radius 1 is 1.11 bits per heavy atom. The molecule has 1 heterocycles. The average Bonchev–Trinajstić information content (AvgIpc) is 2.66. The van der Waals surface area contributed by atoms with Gasteiger partial charge in [-0.1, -0.05) is 30.3 Å². The number of hydrogen-bond donors (Lipinski definition) is 1. The third kappa shape index (κ3) is 5.15. The number of fused-ring (bicyclic) bond motifs is 1. The average molecular weight is 375 g/mol. The van der Waals surface area contributed by atoms with Crippen LogP contribution in [-0.2, 0) is 30.2 Å². The lowest BCUT2D eigenvalue weighted by Gasteiger charge is -2.20. The standard InChI is InChI=1S/C20H20F3N3O/c21-20(22,23)19-15-8-4-5-9-16(15)25-17(26-19)12-13-24-18(27)11-10-14-6-2-1-3-7-14/h1-3,6-7,10-11H,4-5,8-9,12-13H2,(H,24,27)/b11-10+. The first-order valence-electron chi connectivity index (χ1n) is 8.90. The zero-order valence-corrected chi connectivity index (χ0v) is 14.7. The summed E-state index contributed by atoms with van der Waals surface area (Å²) in [4.78, 5) is 19.9. The first kappa shape index (κ1) is 19.1. The van der Waals surface area contributed by atoms with Crippen molar-refractivity contribution in [3.8, 4) is 0 Å². The van der Waals surface area contributed by atoms with Crippen LogP contribution in [0.2, 0.25) is 0 Å². The van der Waals surface area contributed by atoms with Crippen LogP contribution in [0.4, 0.5) is 13.2 Å². The molecule has 27 heavy (non-hydrogen) atoms. The van der Waals surface area contributed by atoms with E-state index in [-0.39, 0.29) is 30.3 Å². The molecule has 0 saturated carbocycles. The highest BCUT2D eigenvalue weighted by molar-refractivity contribution is 5.91. The number of alkyl halides is 3. The molecular formula is C20H20F3N3O. The van der Waals surface area contributed by atoms with Crippen molar-refractivity contribution in [2.24, 2.45) is 0 Å². The molecule has 1 N–H and O–H groups in total. The summed E-state index contributed by atoms with van der Waals surface area (Å²) >= 11 is 0. The molecule has 0 bridgehead atoms. The van der Waals surface area contributed by atoms with E-state index in [1.54, 1.807) is 6.08 Å². The van der Waals surface area contributed by atoms with Crippen molar-refractivity contribution in [1.82, 2.24) is 15.3 Å². The Bertz CT molecular complexity index is 832. The number of carbonyl (C=O) groups excluding carboxylic acids is 1. The number of benzene rings is 1. The second-order valence-electron chi connectivity index (χ2n) is 6.40. The fourth-order valence-corrected chi connectivity index (χ4v) is 3.08. The number of hydrogen-bond acceptors (Lipinski definition) is 3. The molecule has 1 aliphatic carbocycles. The molecule has 0 atom stereocenters. The van der Waals surface area contributed by atoms with E-state index in [4.69, 9.17) is 0 Å². The molecule has 0 aliphatic heterocycles. The van der Waals surface area contributed by atoms with Gasteiger partial charge in [0.15, 0.2) is 5.69 Å². The maximum atomic E-state index is 13.3. The van der Waals surface area contributed by atoms with Crippen LogP contribution in [0.25, 0.3) is 6.08 Å². The minimum atomic E-state index is -4.49. The van der Waals surface area contributed by atoms with Gasteiger partial charge in [-0.2, -0.15) is 13.2 Å². The van der Waals surface area contributed by atoms with Crippen LogP contribution in [0.15, 0.2) is 36.4 Å². The molecule has 1 aromatic carbocycles. The van der Waals surface area contributed by atoms with Gasteiger partial charge in [0.05, 0.1) is 0 Å². The molecule has 2 aromatic rings. The molecule has 0 unspecified atom stereocenters. The number of nitrogens with zero attached hydrogens (tertiary/aromatic N) is 2. The Labute approximate surface area is 155 Å². The second kappa shape index (κ2) is 8.33. The van der Waals surface area contributed by atoms with Gasteiger partial charge >= 0.3 is 6.18 Å². The summed E-state index contributed by atoms with van der Waals surface area (Å²) in [6, 6.07) is 9.34. The molecule has 1 aromatic heterocycles. The maximum Gasteiger partial charge on any atom is 0.433 e. The van der Waals surface area contributed by atoms with Crippen molar-refractivity contribution >= 4 is 12.0 Å². The molecule has 0 spiro atoms. The third-order valence-corrected chi connectivity index (χ3v) is 4.37. The summed E-state index contributed by atoms with van der Waals surface area (Å²) in [5, 5.41) is 2.65. The minimum Gasteiger partial charge on any atom is -0.352 e. The Morgan fingerprint density at radius 2 is 1.85 bits per heavy atom. The lowest BCUT2D eigenvalue weighted by molar-refractivity contribution is -0.142. The van der Waals surface area contributed by atoms with Crippen LogP contribution >= 0.6 is 0 Å². The van der Waals surface area contributed by atoms with E-state index in [9.17, 15) is 18.0 Å².